The predicted octanol–water partition coefficient (Wildman–Crippen LogP) is 1.63. The molecular weight excluding hydrogens is 290 g/mol. The van der Waals surface area contributed by atoms with E-state index < -0.39 is 5.54 Å². The first-order chi connectivity index (χ1) is 11.1. The van der Waals surface area contributed by atoms with Gasteiger partial charge in [0.1, 0.15) is 0 Å². The molecule has 126 valence electrons. The number of hydrogen-bond acceptors (Lipinski definition) is 4. The smallest absolute Gasteiger partial charge is 0.240 e. The van der Waals surface area contributed by atoms with E-state index in [4.69, 9.17) is 4.74 Å². The molecule has 2 saturated heterocycles. The minimum absolute atomic E-state index is 0.0949. The van der Waals surface area contributed by atoms with Crippen molar-refractivity contribution in [2.75, 3.05) is 26.3 Å². The van der Waals surface area contributed by atoms with Gasteiger partial charge in [0.2, 0.25) is 5.91 Å². The molecule has 3 heterocycles. The Morgan fingerprint density at radius 3 is 2.70 bits per heavy atom. The van der Waals surface area contributed by atoms with Crippen molar-refractivity contribution in [1.82, 2.24) is 15.2 Å². The number of carbonyl (C=O) groups excluding carboxylic acids is 1. The summed E-state index contributed by atoms with van der Waals surface area (Å²) in [6, 6.07) is 4.16. The summed E-state index contributed by atoms with van der Waals surface area (Å²) in [6.07, 6.45) is 6.92. The van der Waals surface area contributed by atoms with Crippen molar-refractivity contribution in [1.29, 1.82) is 0 Å². The van der Waals surface area contributed by atoms with E-state index in [0.717, 1.165) is 19.5 Å². The predicted molar refractivity (Wildman–Crippen MR) is 89.1 cm³/mol. The van der Waals surface area contributed by atoms with E-state index in [-0.39, 0.29) is 11.9 Å². The molecular formula is C18H27N3O2. The molecule has 2 aliphatic rings. The fourth-order valence-corrected chi connectivity index (χ4v) is 3.55. The maximum atomic E-state index is 12.8. The normalized spacial score (nSPS) is 25.7. The molecule has 5 nitrogen and oxygen atoms in total. The van der Waals surface area contributed by atoms with Gasteiger partial charge in [-0.2, -0.15) is 0 Å². The summed E-state index contributed by atoms with van der Waals surface area (Å²) >= 11 is 0. The first-order valence-corrected chi connectivity index (χ1v) is 8.60. The van der Waals surface area contributed by atoms with Crippen molar-refractivity contribution < 1.29 is 9.53 Å². The molecule has 1 aromatic rings. The van der Waals surface area contributed by atoms with Crippen LogP contribution in [0.15, 0.2) is 24.5 Å². The van der Waals surface area contributed by atoms with E-state index in [1.807, 2.05) is 38.4 Å². The molecule has 1 amide bonds. The average Bonchev–Trinajstić information content (AvgIpc) is 3.21. The number of nitrogens with zero attached hydrogens (tertiary/aromatic N) is 2. The molecule has 5 heteroatoms. The topological polar surface area (TPSA) is 54.5 Å². The van der Waals surface area contributed by atoms with Crippen molar-refractivity contribution in [2.45, 2.75) is 44.7 Å². The molecule has 0 radical (unpaired) electrons. The minimum atomic E-state index is -0.444. The number of amides is 1. The summed E-state index contributed by atoms with van der Waals surface area (Å²) in [5, 5.41) is 3.25. The highest BCUT2D eigenvalue weighted by Crippen LogP contribution is 2.24. The Hall–Kier alpha value is -1.46. The fraction of sp³-hybridized carbons (Fsp3) is 0.667. The largest absolute Gasteiger partial charge is 0.379 e. The Morgan fingerprint density at radius 1 is 1.30 bits per heavy atom. The second-order valence-corrected chi connectivity index (χ2v) is 7.19. The molecule has 2 fully saturated rings. The number of nitrogens with one attached hydrogen (secondary N) is 1. The molecule has 0 bridgehead atoms. The lowest BCUT2D eigenvalue weighted by atomic mass is 9.94. The van der Waals surface area contributed by atoms with Crippen LogP contribution in [-0.2, 0) is 16.0 Å². The second kappa shape index (κ2) is 6.97. The summed E-state index contributed by atoms with van der Waals surface area (Å²) in [5.41, 5.74) is 0.800. The van der Waals surface area contributed by atoms with Crippen LogP contribution in [-0.4, -0.2) is 53.7 Å². The van der Waals surface area contributed by atoms with Crippen LogP contribution < -0.4 is 5.32 Å². The number of hydrogen-bond donors (Lipinski definition) is 1. The molecule has 0 unspecified atom stereocenters. The molecule has 23 heavy (non-hydrogen) atoms. The zero-order valence-electron chi connectivity index (χ0n) is 14.1. The third kappa shape index (κ3) is 3.72. The van der Waals surface area contributed by atoms with Crippen LogP contribution in [0.5, 0.6) is 0 Å². The van der Waals surface area contributed by atoms with Gasteiger partial charge in [-0.25, -0.2) is 0 Å². The van der Waals surface area contributed by atoms with Crippen LogP contribution in [0.3, 0.4) is 0 Å². The number of aromatic nitrogens is 1. The number of likely N-dealkylation sites (tertiary alicyclic amines) is 1. The minimum Gasteiger partial charge on any atom is -0.379 e. The summed E-state index contributed by atoms with van der Waals surface area (Å²) in [4.78, 5) is 19.1. The molecule has 1 aromatic heterocycles. The van der Waals surface area contributed by atoms with Gasteiger partial charge in [0, 0.05) is 18.3 Å². The highest BCUT2D eigenvalue weighted by Gasteiger charge is 2.39. The van der Waals surface area contributed by atoms with Crippen molar-refractivity contribution in [3.05, 3.63) is 30.1 Å². The number of pyridine rings is 1. The maximum Gasteiger partial charge on any atom is 0.240 e. The molecule has 2 aliphatic heterocycles. The lowest BCUT2D eigenvalue weighted by Gasteiger charge is -2.35. The Bertz CT molecular complexity index is 526. The molecule has 0 aliphatic carbocycles. The van der Waals surface area contributed by atoms with E-state index in [2.05, 4.69) is 15.2 Å². The first-order valence-electron chi connectivity index (χ1n) is 8.60. The van der Waals surface area contributed by atoms with E-state index in [9.17, 15) is 4.79 Å². The summed E-state index contributed by atoms with van der Waals surface area (Å²) in [7, 11) is 0. The van der Waals surface area contributed by atoms with Crippen LogP contribution in [0.1, 0.15) is 32.3 Å². The van der Waals surface area contributed by atoms with Crippen LogP contribution in [0.25, 0.3) is 0 Å². The average molecular weight is 317 g/mol. The highest BCUT2D eigenvalue weighted by molar-refractivity contribution is 5.85. The van der Waals surface area contributed by atoms with E-state index in [0.29, 0.717) is 19.1 Å². The monoisotopic (exact) mass is 317 g/mol. The van der Waals surface area contributed by atoms with Gasteiger partial charge in [-0.05, 0) is 63.9 Å². The van der Waals surface area contributed by atoms with E-state index in [1.54, 1.807) is 0 Å². The Morgan fingerprint density at radius 2 is 2.00 bits per heavy atom. The van der Waals surface area contributed by atoms with Crippen molar-refractivity contribution in [3.63, 3.8) is 0 Å². The zero-order valence-corrected chi connectivity index (χ0v) is 14.1. The van der Waals surface area contributed by atoms with Crippen LogP contribution in [0.4, 0.5) is 0 Å². The SMILES string of the molecule is CC(C)(C(=O)N[C@@H]1COC[C@H]1Cc1ccncc1)N1CCCC1. The lowest BCUT2D eigenvalue weighted by Crippen LogP contribution is -2.57. The molecule has 0 saturated carbocycles. The van der Waals surface area contributed by atoms with Crippen LogP contribution in [0, 0.1) is 5.92 Å². The third-order valence-electron chi connectivity index (χ3n) is 5.21. The van der Waals surface area contributed by atoms with Gasteiger partial charge in [0.25, 0.3) is 0 Å². The van der Waals surface area contributed by atoms with Gasteiger partial charge >= 0.3 is 0 Å². The van der Waals surface area contributed by atoms with E-state index in [1.165, 1.54) is 18.4 Å². The van der Waals surface area contributed by atoms with E-state index >= 15 is 0 Å². The molecule has 3 rings (SSSR count). The lowest BCUT2D eigenvalue weighted by molar-refractivity contribution is -0.132. The Labute approximate surface area is 138 Å². The number of carbonyl (C=O) groups is 1. The quantitative estimate of drug-likeness (QED) is 0.897. The first kappa shape index (κ1) is 16.4. The van der Waals surface area contributed by atoms with Gasteiger partial charge in [-0.15, -0.1) is 0 Å². The van der Waals surface area contributed by atoms with Crippen LogP contribution in [0.2, 0.25) is 0 Å². The molecule has 0 aromatic carbocycles. The molecule has 1 N–H and O–H groups in total. The summed E-state index contributed by atoms with van der Waals surface area (Å²) in [6.45, 7) is 7.40. The standard InChI is InChI=1S/C18H27N3O2/c1-18(2,21-9-3-4-10-21)17(22)20-16-13-23-12-15(16)11-14-5-7-19-8-6-14/h5-8,15-16H,3-4,9-13H2,1-2H3,(H,20,22)/t15-,16-/m1/s1. The number of rotatable bonds is 5. The van der Waals surface area contributed by atoms with Gasteiger partial charge in [0.05, 0.1) is 24.8 Å². The van der Waals surface area contributed by atoms with Crippen molar-refractivity contribution >= 4 is 5.91 Å². The summed E-state index contributed by atoms with van der Waals surface area (Å²) in [5.74, 6) is 0.449. The second-order valence-electron chi connectivity index (χ2n) is 7.19. The van der Waals surface area contributed by atoms with Crippen LogP contribution >= 0.6 is 0 Å². The zero-order chi connectivity index (χ0) is 16.3. The number of ether oxygens (including phenoxy) is 1. The third-order valence-corrected chi connectivity index (χ3v) is 5.21. The van der Waals surface area contributed by atoms with Gasteiger partial charge < -0.3 is 10.1 Å². The van der Waals surface area contributed by atoms with Gasteiger partial charge in [0.15, 0.2) is 0 Å². The molecule has 0 spiro atoms. The van der Waals surface area contributed by atoms with Gasteiger partial charge in [-0.1, -0.05) is 0 Å². The van der Waals surface area contributed by atoms with Crippen molar-refractivity contribution in [3.8, 4) is 0 Å². The van der Waals surface area contributed by atoms with Crippen molar-refractivity contribution in [2.24, 2.45) is 5.92 Å². The Balaban J connectivity index is 1.60. The fourth-order valence-electron chi connectivity index (χ4n) is 3.55. The highest BCUT2D eigenvalue weighted by atomic mass is 16.5. The maximum absolute atomic E-state index is 12.8. The Kier molecular flexibility index (Phi) is 4.97. The van der Waals surface area contributed by atoms with Gasteiger partial charge in [-0.3, -0.25) is 14.7 Å². The molecule has 2 atom stereocenters. The summed E-state index contributed by atoms with van der Waals surface area (Å²) < 4.78 is 5.64.